The molecule has 2 atom stereocenters. The molecular weight excluding hydrogens is 450 g/mol. The fourth-order valence-electron chi connectivity index (χ4n) is 5.76. The first-order chi connectivity index (χ1) is 17.3. The summed E-state index contributed by atoms with van der Waals surface area (Å²) in [4.78, 5) is 26.9. The SMILES string of the molecule is CN(Cc1nc2ccccc2n1C[C@@H]1CCCN(C(=O)OC(C)(C)C)C1)[C@@H]1CCCc2cccnc21. The van der Waals surface area contributed by atoms with Crippen LogP contribution < -0.4 is 0 Å². The molecule has 2 aliphatic rings. The molecule has 0 radical (unpaired) electrons. The van der Waals surface area contributed by atoms with Gasteiger partial charge in [-0.2, -0.15) is 0 Å². The molecule has 5 rings (SSSR count). The lowest BCUT2D eigenvalue weighted by Gasteiger charge is -2.35. The van der Waals surface area contributed by atoms with E-state index in [1.54, 1.807) is 0 Å². The van der Waals surface area contributed by atoms with Crippen molar-refractivity contribution < 1.29 is 9.53 Å². The second kappa shape index (κ2) is 10.2. The molecule has 3 aromatic rings. The molecule has 7 nitrogen and oxygen atoms in total. The molecule has 0 N–H and O–H groups in total. The van der Waals surface area contributed by atoms with E-state index in [0.29, 0.717) is 12.0 Å². The minimum absolute atomic E-state index is 0.203. The number of para-hydroxylation sites is 2. The molecule has 0 bridgehead atoms. The van der Waals surface area contributed by atoms with Crippen molar-refractivity contribution in [1.82, 2.24) is 24.3 Å². The molecule has 2 aromatic heterocycles. The molecule has 36 heavy (non-hydrogen) atoms. The Bertz CT molecular complexity index is 1210. The number of likely N-dealkylation sites (tertiary alicyclic amines) is 1. The van der Waals surface area contributed by atoms with Crippen molar-refractivity contribution in [2.75, 3.05) is 20.1 Å². The summed E-state index contributed by atoms with van der Waals surface area (Å²) in [7, 11) is 2.20. The van der Waals surface area contributed by atoms with Crippen molar-refractivity contribution in [3.63, 3.8) is 0 Å². The van der Waals surface area contributed by atoms with Gasteiger partial charge < -0.3 is 14.2 Å². The van der Waals surface area contributed by atoms with Gasteiger partial charge in [-0.25, -0.2) is 9.78 Å². The topological polar surface area (TPSA) is 63.5 Å². The summed E-state index contributed by atoms with van der Waals surface area (Å²) in [5.74, 6) is 1.45. The van der Waals surface area contributed by atoms with E-state index in [-0.39, 0.29) is 6.09 Å². The number of hydrogen-bond acceptors (Lipinski definition) is 5. The summed E-state index contributed by atoms with van der Waals surface area (Å²) >= 11 is 0. The molecule has 1 saturated heterocycles. The molecule has 1 amide bonds. The Morgan fingerprint density at radius 3 is 2.81 bits per heavy atom. The van der Waals surface area contributed by atoms with Crippen LogP contribution in [0, 0.1) is 5.92 Å². The van der Waals surface area contributed by atoms with Gasteiger partial charge in [-0.05, 0) is 89.6 Å². The fraction of sp³-hybridized carbons (Fsp3) is 0.552. The van der Waals surface area contributed by atoms with Crippen LogP contribution in [-0.4, -0.2) is 56.2 Å². The smallest absolute Gasteiger partial charge is 0.410 e. The minimum Gasteiger partial charge on any atom is -0.444 e. The van der Waals surface area contributed by atoms with Crippen LogP contribution in [0.5, 0.6) is 0 Å². The van der Waals surface area contributed by atoms with Gasteiger partial charge in [0.05, 0.1) is 29.3 Å². The number of carbonyl (C=O) groups excluding carboxylic acids is 1. The van der Waals surface area contributed by atoms with Crippen molar-refractivity contribution in [3.8, 4) is 0 Å². The van der Waals surface area contributed by atoms with Gasteiger partial charge >= 0.3 is 6.09 Å². The quantitative estimate of drug-likeness (QED) is 0.468. The van der Waals surface area contributed by atoms with E-state index in [9.17, 15) is 4.79 Å². The zero-order chi connectivity index (χ0) is 25.3. The minimum atomic E-state index is -0.477. The molecule has 0 spiro atoms. The van der Waals surface area contributed by atoms with E-state index >= 15 is 0 Å². The second-order valence-corrected chi connectivity index (χ2v) is 11.4. The maximum absolute atomic E-state index is 12.7. The first-order valence-corrected chi connectivity index (χ1v) is 13.3. The van der Waals surface area contributed by atoms with Crippen molar-refractivity contribution in [1.29, 1.82) is 0 Å². The highest BCUT2D eigenvalue weighted by molar-refractivity contribution is 5.76. The Labute approximate surface area is 214 Å². The number of piperidine rings is 1. The lowest BCUT2D eigenvalue weighted by atomic mass is 9.91. The predicted octanol–water partition coefficient (Wildman–Crippen LogP) is 5.59. The summed E-state index contributed by atoms with van der Waals surface area (Å²) < 4.78 is 8.04. The Morgan fingerprint density at radius 2 is 1.97 bits per heavy atom. The van der Waals surface area contributed by atoms with Crippen LogP contribution in [0.2, 0.25) is 0 Å². The molecule has 0 saturated carbocycles. The van der Waals surface area contributed by atoms with Gasteiger partial charge in [-0.1, -0.05) is 18.2 Å². The zero-order valence-electron chi connectivity index (χ0n) is 22.1. The average molecular weight is 490 g/mol. The van der Waals surface area contributed by atoms with E-state index in [2.05, 4.69) is 46.8 Å². The third-order valence-corrected chi connectivity index (χ3v) is 7.43. The summed E-state index contributed by atoms with van der Waals surface area (Å²) in [6.45, 7) is 8.86. The number of hydrogen-bond donors (Lipinski definition) is 0. The van der Waals surface area contributed by atoms with Crippen LogP contribution in [0.1, 0.15) is 69.6 Å². The lowest BCUT2D eigenvalue weighted by Crippen LogP contribution is -2.43. The number of ether oxygens (including phenoxy) is 1. The van der Waals surface area contributed by atoms with Gasteiger partial charge in [0.25, 0.3) is 0 Å². The molecule has 1 aromatic carbocycles. The van der Waals surface area contributed by atoms with Crippen molar-refractivity contribution >= 4 is 17.1 Å². The Kier molecular flexibility index (Phi) is 7.02. The summed E-state index contributed by atoms with van der Waals surface area (Å²) in [5, 5.41) is 0. The maximum Gasteiger partial charge on any atom is 0.410 e. The number of nitrogens with zero attached hydrogens (tertiary/aromatic N) is 5. The zero-order valence-corrected chi connectivity index (χ0v) is 22.1. The predicted molar refractivity (Wildman–Crippen MR) is 142 cm³/mol. The number of benzene rings is 1. The van der Waals surface area contributed by atoms with Gasteiger partial charge in [0.1, 0.15) is 11.4 Å². The monoisotopic (exact) mass is 489 g/mol. The van der Waals surface area contributed by atoms with Crippen LogP contribution in [0.4, 0.5) is 4.79 Å². The number of imidazole rings is 1. The van der Waals surface area contributed by atoms with Crippen LogP contribution >= 0.6 is 0 Å². The van der Waals surface area contributed by atoms with Gasteiger partial charge in [0.2, 0.25) is 0 Å². The van der Waals surface area contributed by atoms with Crippen molar-refractivity contribution in [3.05, 3.63) is 59.7 Å². The van der Waals surface area contributed by atoms with Gasteiger partial charge in [0, 0.05) is 25.8 Å². The molecule has 0 unspecified atom stereocenters. The highest BCUT2D eigenvalue weighted by Gasteiger charge is 2.30. The molecule has 1 fully saturated rings. The normalized spacial score (nSPS) is 20.5. The Morgan fingerprint density at radius 1 is 1.14 bits per heavy atom. The largest absolute Gasteiger partial charge is 0.444 e. The Hall–Kier alpha value is -2.93. The maximum atomic E-state index is 12.7. The van der Waals surface area contributed by atoms with Crippen LogP contribution in [0.25, 0.3) is 11.0 Å². The summed E-state index contributed by atoms with van der Waals surface area (Å²) in [6.07, 6.45) is 7.23. The standard InChI is InChI=1S/C29H39N5O2/c1-29(2,3)36-28(35)33-17-9-10-21(18-33)19-34-24-14-6-5-13-23(24)31-26(34)20-32(4)25-15-7-11-22-12-8-16-30-27(22)25/h5-6,8,12-14,16,21,25H,7,9-11,15,17-20H2,1-4H3/t21-,25-/m1/s1. The van der Waals surface area contributed by atoms with E-state index in [1.165, 1.54) is 17.7 Å². The number of fused-ring (bicyclic) bond motifs is 2. The second-order valence-electron chi connectivity index (χ2n) is 11.4. The van der Waals surface area contributed by atoms with Crippen LogP contribution in [-0.2, 0) is 24.2 Å². The average Bonchev–Trinajstić information content (AvgIpc) is 3.19. The number of amides is 1. The summed E-state index contributed by atoms with van der Waals surface area (Å²) in [5.41, 5.74) is 4.31. The fourth-order valence-corrected chi connectivity index (χ4v) is 5.76. The first kappa shape index (κ1) is 24.8. The van der Waals surface area contributed by atoms with Gasteiger partial charge in [-0.3, -0.25) is 9.88 Å². The van der Waals surface area contributed by atoms with E-state index in [1.807, 2.05) is 37.9 Å². The number of aromatic nitrogens is 3. The van der Waals surface area contributed by atoms with Crippen LogP contribution in [0.3, 0.4) is 0 Å². The highest BCUT2D eigenvalue weighted by Crippen LogP contribution is 2.33. The van der Waals surface area contributed by atoms with E-state index < -0.39 is 5.60 Å². The molecule has 192 valence electrons. The van der Waals surface area contributed by atoms with Gasteiger partial charge in [0.15, 0.2) is 0 Å². The summed E-state index contributed by atoms with van der Waals surface area (Å²) in [6, 6.07) is 13.0. The lowest BCUT2D eigenvalue weighted by molar-refractivity contribution is 0.0157. The number of carbonyl (C=O) groups is 1. The highest BCUT2D eigenvalue weighted by atomic mass is 16.6. The molecule has 1 aliphatic carbocycles. The molecule has 3 heterocycles. The van der Waals surface area contributed by atoms with Crippen molar-refractivity contribution in [2.45, 2.75) is 77.6 Å². The number of pyridine rings is 1. The molecule has 1 aliphatic heterocycles. The third kappa shape index (κ3) is 5.41. The Balaban J connectivity index is 1.36. The number of aryl methyl sites for hydroxylation is 1. The van der Waals surface area contributed by atoms with E-state index in [4.69, 9.17) is 14.7 Å². The number of rotatable bonds is 5. The van der Waals surface area contributed by atoms with E-state index in [0.717, 1.165) is 68.7 Å². The molecular formula is C29H39N5O2. The van der Waals surface area contributed by atoms with Gasteiger partial charge in [-0.15, -0.1) is 0 Å². The third-order valence-electron chi connectivity index (χ3n) is 7.43. The molecule has 7 heteroatoms. The first-order valence-electron chi connectivity index (χ1n) is 13.3. The van der Waals surface area contributed by atoms with Crippen LogP contribution in [0.15, 0.2) is 42.6 Å². The van der Waals surface area contributed by atoms with Crippen molar-refractivity contribution in [2.24, 2.45) is 5.92 Å².